The predicted molar refractivity (Wildman–Crippen MR) is 87.3 cm³/mol. The fourth-order valence-corrected chi connectivity index (χ4v) is 2.48. The normalized spacial score (nSPS) is 12.1. The van der Waals surface area contributed by atoms with Crippen molar-refractivity contribution < 1.29 is 4.74 Å². The lowest BCUT2D eigenvalue weighted by molar-refractivity contribution is 0.329. The van der Waals surface area contributed by atoms with E-state index in [4.69, 9.17) is 4.74 Å². The zero-order valence-electron chi connectivity index (χ0n) is 13.0. The van der Waals surface area contributed by atoms with Gasteiger partial charge in [0.05, 0.1) is 6.61 Å². The van der Waals surface area contributed by atoms with Gasteiger partial charge in [-0.15, -0.1) is 6.58 Å². The van der Waals surface area contributed by atoms with E-state index >= 15 is 0 Å². The minimum Gasteiger partial charge on any atom is -0.494 e. The third-order valence-corrected chi connectivity index (χ3v) is 3.45. The van der Waals surface area contributed by atoms with Crippen LogP contribution in [0, 0.1) is 0 Å². The molecular formula is C18H29NO. The highest BCUT2D eigenvalue weighted by Crippen LogP contribution is 2.28. The molecule has 0 bridgehead atoms. The smallest absolute Gasteiger partial charge is 0.124 e. The van der Waals surface area contributed by atoms with Crippen molar-refractivity contribution in [3.05, 3.63) is 42.5 Å². The van der Waals surface area contributed by atoms with Crippen LogP contribution in [0.5, 0.6) is 5.75 Å². The molecule has 1 rings (SSSR count). The molecule has 0 aliphatic rings. The molecule has 0 heterocycles. The number of ether oxygens (including phenoxy) is 1. The largest absolute Gasteiger partial charge is 0.494 e. The lowest BCUT2D eigenvalue weighted by Gasteiger charge is -2.21. The minimum absolute atomic E-state index is 0.395. The standard InChI is InChI=1S/C18H29NO/c1-4-7-8-9-10-14-17(19-5-2)16-13-11-12-15-18(16)20-6-3/h4,11-13,15,17,19H,1,5-10,14H2,2-3H3. The molecule has 112 valence electrons. The van der Waals surface area contributed by atoms with E-state index < -0.39 is 0 Å². The van der Waals surface area contributed by atoms with E-state index in [2.05, 4.69) is 37.0 Å². The highest BCUT2D eigenvalue weighted by atomic mass is 16.5. The van der Waals surface area contributed by atoms with Gasteiger partial charge in [-0.1, -0.05) is 44.0 Å². The average Bonchev–Trinajstić information content (AvgIpc) is 2.47. The third kappa shape index (κ3) is 5.79. The number of para-hydroxylation sites is 1. The summed E-state index contributed by atoms with van der Waals surface area (Å²) in [6.07, 6.45) is 8.05. The van der Waals surface area contributed by atoms with Crippen molar-refractivity contribution >= 4 is 0 Å². The number of nitrogens with one attached hydrogen (secondary N) is 1. The zero-order chi connectivity index (χ0) is 14.6. The fraction of sp³-hybridized carbons (Fsp3) is 0.556. The van der Waals surface area contributed by atoms with Crippen LogP contribution in [0.15, 0.2) is 36.9 Å². The van der Waals surface area contributed by atoms with Crippen molar-refractivity contribution in [1.29, 1.82) is 0 Å². The average molecular weight is 275 g/mol. The second kappa shape index (κ2) is 10.5. The van der Waals surface area contributed by atoms with Crippen LogP contribution in [0.4, 0.5) is 0 Å². The molecule has 0 spiro atoms. The first-order chi connectivity index (χ1) is 9.83. The first kappa shape index (κ1) is 16.8. The monoisotopic (exact) mass is 275 g/mol. The van der Waals surface area contributed by atoms with Crippen LogP contribution in [-0.4, -0.2) is 13.2 Å². The lowest BCUT2D eigenvalue weighted by Crippen LogP contribution is -2.21. The van der Waals surface area contributed by atoms with Crippen LogP contribution in [0.1, 0.15) is 57.6 Å². The van der Waals surface area contributed by atoms with Gasteiger partial charge in [-0.25, -0.2) is 0 Å². The van der Waals surface area contributed by atoms with Gasteiger partial charge in [0.2, 0.25) is 0 Å². The summed E-state index contributed by atoms with van der Waals surface area (Å²) in [5, 5.41) is 3.59. The molecule has 1 aromatic rings. The van der Waals surface area contributed by atoms with Gasteiger partial charge in [0.25, 0.3) is 0 Å². The van der Waals surface area contributed by atoms with E-state index in [-0.39, 0.29) is 0 Å². The van der Waals surface area contributed by atoms with E-state index in [0.717, 1.165) is 31.7 Å². The second-order valence-electron chi connectivity index (χ2n) is 5.01. The van der Waals surface area contributed by atoms with Crippen molar-refractivity contribution in [3.8, 4) is 5.75 Å². The molecule has 0 saturated heterocycles. The minimum atomic E-state index is 0.395. The Bertz CT molecular complexity index is 375. The molecule has 0 radical (unpaired) electrons. The van der Waals surface area contributed by atoms with Crippen molar-refractivity contribution in [3.63, 3.8) is 0 Å². The Kier molecular flexibility index (Phi) is 8.81. The van der Waals surface area contributed by atoms with Gasteiger partial charge in [0.1, 0.15) is 5.75 Å². The van der Waals surface area contributed by atoms with E-state index in [9.17, 15) is 0 Å². The maximum Gasteiger partial charge on any atom is 0.124 e. The Morgan fingerprint density at radius 1 is 1.20 bits per heavy atom. The van der Waals surface area contributed by atoms with Crippen molar-refractivity contribution in [2.45, 2.75) is 52.0 Å². The number of hydrogen-bond acceptors (Lipinski definition) is 2. The van der Waals surface area contributed by atoms with E-state index in [0.29, 0.717) is 6.04 Å². The van der Waals surface area contributed by atoms with Gasteiger partial charge in [-0.3, -0.25) is 0 Å². The second-order valence-corrected chi connectivity index (χ2v) is 5.01. The van der Waals surface area contributed by atoms with E-state index in [1.54, 1.807) is 0 Å². The number of rotatable bonds is 11. The highest BCUT2D eigenvalue weighted by Gasteiger charge is 2.14. The number of unbranched alkanes of at least 4 members (excludes halogenated alkanes) is 3. The summed E-state index contributed by atoms with van der Waals surface area (Å²) in [5.74, 6) is 1.02. The molecule has 0 aromatic heterocycles. The SMILES string of the molecule is C=CCCCCCC(NCC)c1ccccc1OCC. The first-order valence-corrected chi connectivity index (χ1v) is 7.89. The predicted octanol–water partition coefficient (Wildman–Crippen LogP) is 4.87. The number of benzene rings is 1. The molecule has 1 atom stereocenters. The highest BCUT2D eigenvalue weighted by molar-refractivity contribution is 5.35. The Morgan fingerprint density at radius 3 is 2.70 bits per heavy atom. The van der Waals surface area contributed by atoms with Crippen LogP contribution in [0.2, 0.25) is 0 Å². The molecule has 2 nitrogen and oxygen atoms in total. The Morgan fingerprint density at radius 2 is 2.00 bits per heavy atom. The first-order valence-electron chi connectivity index (χ1n) is 7.89. The molecule has 0 saturated carbocycles. The van der Waals surface area contributed by atoms with Crippen molar-refractivity contribution in [2.75, 3.05) is 13.2 Å². The Labute approximate surface area is 124 Å². The maximum atomic E-state index is 5.76. The molecule has 20 heavy (non-hydrogen) atoms. The molecule has 0 fully saturated rings. The summed E-state index contributed by atoms with van der Waals surface area (Å²) in [6.45, 7) is 9.67. The number of hydrogen-bond donors (Lipinski definition) is 1. The maximum absolute atomic E-state index is 5.76. The van der Waals surface area contributed by atoms with Gasteiger partial charge < -0.3 is 10.1 Å². The van der Waals surface area contributed by atoms with Gasteiger partial charge in [-0.2, -0.15) is 0 Å². The van der Waals surface area contributed by atoms with Crippen molar-refractivity contribution in [1.82, 2.24) is 5.32 Å². The van der Waals surface area contributed by atoms with Gasteiger partial charge in [0.15, 0.2) is 0 Å². The zero-order valence-corrected chi connectivity index (χ0v) is 13.0. The molecule has 0 amide bonds. The molecule has 2 heteroatoms. The van der Waals surface area contributed by atoms with Gasteiger partial charge >= 0.3 is 0 Å². The topological polar surface area (TPSA) is 21.3 Å². The van der Waals surface area contributed by atoms with Crippen LogP contribution < -0.4 is 10.1 Å². The quantitative estimate of drug-likeness (QED) is 0.459. The summed E-state index contributed by atoms with van der Waals surface area (Å²) >= 11 is 0. The lowest BCUT2D eigenvalue weighted by atomic mass is 9.99. The Balaban J connectivity index is 2.62. The van der Waals surface area contributed by atoms with Gasteiger partial charge in [-0.05, 0) is 38.8 Å². The Hall–Kier alpha value is -1.28. The van der Waals surface area contributed by atoms with E-state index in [1.165, 1.54) is 24.8 Å². The molecular weight excluding hydrogens is 246 g/mol. The molecule has 1 N–H and O–H groups in total. The summed E-state index contributed by atoms with van der Waals surface area (Å²) in [5.41, 5.74) is 1.29. The van der Waals surface area contributed by atoms with Gasteiger partial charge in [0, 0.05) is 11.6 Å². The summed E-state index contributed by atoms with van der Waals surface area (Å²) in [6, 6.07) is 8.79. The summed E-state index contributed by atoms with van der Waals surface area (Å²) < 4.78 is 5.76. The third-order valence-electron chi connectivity index (χ3n) is 3.45. The molecule has 1 unspecified atom stereocenters. The summed E-state index contributed by atoms with van der Waals surface area (Å²) in [4.78, 5) is 0. The van der Waals surface area contributed by atoms with Crippen molar-refractivity contribution in [2.24, 2.45) is 0 Å². The molecule has 0 aliphatic carbocycles. The van der Waals surface area contributed by atoms with E-state index in [1.807, 2.05) is 19.1 Å². The van der Waals surface area contributed by atoms with Crippen LogP contribution >= 0.6 is 0 Å². The van der Waals surface area contributed by atoms with Crippen LogP contribution in [0.3, 0.4) is 0 Å². The van der Waals surface area contributed by atoms with Crippen LogP contribution in [0.25, 0.3) is 0 Å². The van der Waals surface area contributed by atoms with Crippen LogP contribution in [-0.2, 0) is 0 Å². The number of allylic oxidation sites excluding steroid dienone is 1. The molecule has 1 aromatic carbocycles. The fourth-order valence-electron chi connectivity index (χ4n) is 2.48. The molecule has 0 aliphatic heterocycles. The summed E-state index contributed by atoms with van der Waals surface area (Å²) in [7, 11) is 0.